The Labute approximate surface area is 115 Å². The van der Waals surface area contributed by atoms with E-state index in [1.165, 1.54) is 0 Å². The van der Waals surface area contributed by atoms with E-state index in [1.807, 2.05) is 6.07 Å². The number of anilines is 1. The summed E-state index contributed by atoms with van der Waals surface area (Å²) in [5.74, 6) is 0.806. The molecule has 0 aliphatic rings. The second kappa shape index (κ2) is 4.55. The van der Waals surface area contributed by atoms with Gasteiger partial charge in [0.2, 0.25) is 5.95 Å². The third kappa shape index (κ3) is 1.65. The molecule has 0 unspecified atom stereocenters. The van der Waals surface area contributed by atoms with Crippen molar-refractivity contribution >= 4 is 17.1 Å². The number of nitrogens with zero attached hydrogens (tertiary/aromatic N) is 4. The van der Waals surface area contributed by atoms with Crippen LogP contribution >= 0.6 is 0 Å². The van der Waals surface area contributed by atoms with Crippen molar-refractivity contribution in [2.75, 3.05) is 12.8 Å². The van der Waals surface area contributed by atoms with Gasteiger partial charge in [0.25, 0.3) is 0 Å². The number of nitrogens with two attached hydrogens (primary N) is 1. The largest absolute Gasteiger partial charge is 0.495 e. The highest BCUT2D eigenvalue weighted by Gasteiger charge is 2.18. The molecular formula is C14H11N5O. The number of hydrogen-bond donors (Lipinski definition) is 1. The lowest BCUT2D eigenvalue weighted by atomic mass is 10.1. The molecule has 6 nitrogen and oxygen atoms in total. The number of methoxy groups -OCH3 is 1. The van der Waals surface area contributed by atoms with E-state index in [0.717, 1.165) is 0 Å². The highest BCUT2D eigenvalue weighted by Crippen LogP contribution is 2.31. The minimum atomic E-state index is 0.264. The third-order valence-corrected chi connectivity index (χ3v) is 3.00. The van der Waals surface area contributed by atoms with Gasteiger partial charge in [-0.25, -0.2) is 9.97 Å². The van der Waals surface area contributed by atoms with E-state index in [1.54, 1.807) is 42.1 Å². The van der Waals surface area contributed by atoms with Gasteiger partial charge >= 0.3 is 0 Å². The molecule has 0 aliphatic heterocycles. The van der Waals surface area contributed by atoms with Crippen LogP contribution in [0.25, 0.3) is 16.9 Å². The Morgan fingerprint density at radius 3 is 2.90 bits per heavy atom. The molecule has 0 saturated carbocycles. The number of aromatic nitrogens is 3. The predicted molar refractivity (Wildman–Crippen MR) is 74.5 cm³/mol. The zero-order valence-electron chi connectivity index (χ0n) is 10.7. The molecule has 3 aromatic rings. The first-order valence-corrected chi connectivity index (χ1v) is 5.92. The predicted octanol–water partition coefficient (Wildman–Crippen LogP) is 1.88. The molecule has 0 amide bonds. The van der Waals surface area contributed by atoms with Crippen molar-refractivity contribution in [3.05, 3.63) is 42.1 Å². The van der Waals surface area contributed by atoms with Gasteiger partial charge in [-0.1, -0.05) is 6.07 Å². The van der Waals surface area contributed by atoms with Crippen LogP contribution in [0.15, 0.2) is 36.5 Å². The number of para-hydroxylation sites is 1. The lowest BCUT2D eigenvalue weighted by Gasteiger charge is -2.12. The molecule has 20 heavy (non-hydrogen) atoms. The van der Waals surface area contributed by atoms with E-state index in [9.17, 15) is 5.26 Å². The van der Waals surface area contributed by atoms with Crippen LogP contribution in [0.5, 0.6) is 5.75 Å². The van der Waals surface area contributed by atoms with E-state index in [2.05, 4.69) is 16.0 Å². The summed E-state index contributed by atoms with van der Waals surface area (Å²) in [6.45, 7) is 0. The van der Waals surface area contributed by atoms with Gasteiger partial charge in [-0.05, 0) is 24.3 Å². The molecule has 0 aliphatic carbocycles. The fraction of sp³-hybridized carbons (Fsp3) is 0.0714. The van der Waals surface area contributed by atoms with Crippen molar-refractivity contribution in [2.45, 2.75) is 0 Å². The molecule has 2 N–H and O–H groups in total. The number of pyridine rings is 1. The van der Waals surface area contributed by atoms with Crippen LogP contribution in [0.4, 0.5) is 5.95 Å². The Bertz CT molecular complexity index is 831. The molecule has 2 heterocycles. The Hall–Kier alpha value is -3.07. The Kier molecular flexibility index (Phi) is 2.73. The highest BCUT2D eigenvalue weighted by molar-refractivity contribution is 5.79. The first-order chi connectivity index (χ1) is 9.76. The summed E-state index contributed by atoms with van der Waals surface area (Å²) in [5, 5.41) is 9.30. The second-order valence-corrected chi connectivity index (χ2v) is 4.12. The highest BCUT2D eigenvalue weighted by atomic mass is 16.5. The SMILES string of the molecule is COc1cccc(C#N)c1-n1c(N)nc2cccnc21. The summed E-state index contributed by atoms with van der Waals surface area (Å²) in [5.41, 5.74) is 8.23. The number of rotatable bonds is 2. The molecule has 3 rings (SSSR count). The van der Waals surface area contributed by atoms with Gasteiger partial charge in [0.1, 0.15) is 23.0 Å². The minimum absolute atomic E-state index is 0.264. The summed E-state index contributed by atoms with van der Waals surface area (Å²) in [6, 6.07) is 11.0. The van der Waals surface area contributed by atoms with Crippen molar-refractivity contribution in [1.29, 1.82) is 5.26 Å². The average molecular weight is 265 g/mol. The lowest BCUT2D eigenvalue weighted by Crippen LogP contribution is -2.05. The van der Waals surface area contributed by atoms with Gasteiger partial charge in [0, 0.05) is 6.20 Å². The van der Waals surface area contributed by atoms with Crippen molar-refractivity contribution < 1.29 is 4.74 Å². The maximum absolute atomic E-state index is 9.30. The number of fused-ring (bicyclic) bond motifs is 1. The number of nitrogen functional groups attached to an aromatic ring is 1. The van der Waals surface area contributed by atoms with Crippen LogP contribution in [0.2, 0.25) is 0 Å². The van der Waals surface area contributed by atoms with Gasteiger partial charge in [-0.15, -0.1) is 0 Å². The van der Waals surface area contributed by atoms with Crippen LogP contribution in [0, 0.1) is 11.3 Å². The van der Waals surface area contributed by atoms with Crippen LogP contribution in [0.3, 0.4) is 0 Å². The summed E-state index contributed by atoms with van der Waals surface area (Å²) < 4.78 is 6.96. The Morgan fingerprint density at radius 2 is 2.15 bits per heavy atom. The second-order valence-electron chi connectivity index (χ2n) is 4.12. The Balaban J connectivity index is 2.43. The molecule has 0 spiro atoms. The van der Waals surface area contributed by atoms with Crippen molar-refractivity contribution in [3.8, 4) is 17.5 Å². The molecule has 6 heteroatoms. The van der Waals surface area contributed by atoms with Gasteiger partial charge in [-0.3, -0.25) is 4.57 Å². The minimum Gasteiger partial charge on any atom is -0.495 e. The number of hydrogen-bond acceptors (Lipinski definition) is 5. The van der Waals surface area contributed by atoms with Crippen molar-refractivity contribution in [3.63, 3.8) is 0 Å². The maximum Gasteiger partial charge on any atom is 0.207 e. The van der Waals surface area contributed by atoms with E-state index < -0.39 is 0 Å². The molecule has 0 saturated heterocycles. The van der Waals surface area contributed by atoms with Crippen molar-refractivity contribution in [1.82, 2.24) is 14.5 Å². The van der Waals surface area contributed by atoms with E-state index >= 15 is 0 Å². The molecule has 0 radical (unpaired) electrons. The maximum atomic E-state index is 9.30. The lowest BCUT2D eigenvalue weighted by molar-refractivity contribution is 0.413. The molecule has 2 aromatic heterocycles. The quantitative estimate of drug-likeness (QED) is 0.764. The molecule has 0 fully saturated rings. The number of benzene rings is 1. The van der Waals surface area contributed by atoms with Gasteiger partial charge < -0.3 is 10.5 Å². The van der Waals surface area contributed by atoms with E-state index in [4.69, 9.17) is 10.5 Å². The fourth-order valence-corrected chi connectivity index (χ4v) is 2.16. The van der Waals surface area contributed by atoms with Crippen LogP contribution in [-0.2, 0) is 0 Å². The fourth-order valence-electron chi connectivity index (χ4n) is 2.16. The standard InChI is InChI=1S/C14H11N5O/c1-20-11-6-2-4-9(8-15)12(11)19-13-10(18-14(19)16)5-3-7-17-13/h2-7H,1H3,(H2,16,18). The summed E-state index contributed by atoms with van der Waals surface area (Å²) in [6.07, 6.45) is 1.65. The molecule has 0 bridgehead atoms. The average Bonchev–Trinajstić information content (AvgIpc) is 2.81. The van der Waals surface area contributed by atoms with E-state index in [0.29, 0.717) is 28.2 Å². The summed E-state index contributed by atoms with van der Waals surface area (Å²) in [7, 11) is 1.54. The van der Waals surface area contributed by atoms with Crippen LogP contribution in [-0.4, -0.2) is 21.6 Å². The monoisotopic (exact) mass is 265 g/mol. The zero-order valence-corrected chi connectivity index (χ0v) is 10.7. The van der Waals surface area contributed by atoms with Gasteiger partial charge in [0.15, 0.2) is 5.65 Å². The summed E-state index contributed by atoms with van der Waals surface area (Å²) in [4.78, 5) is 8.54. The van der Waals surface area contributed by atoms with Crippen molar-refractivity contribution in [2.24, 2.45) is 0 Å². The van der Waals surface area contributed by atoms with Crippen LogP contribution < -0.4 is 10.5 Å². The molecule has 0 atom stereocenters. The summed E-state index contributed by atoms with van der Waals surface area (Å²) >= 11 is 0. The smallest absolute Gasteiger partial charge is 0.207 e. The molecular weight excluding hydrogens is 254 g/mol. The zero-order chi connectivity index (χ0) is 14.1. The van der Waals surface area contributed by atoms with Gasteiger partial charge in [0.05, 0.1) is 12.7 Å². The van der Waals surface area contributed by atoms with E-state index in [-0.39, 0.29) is 5.95 Å². The number of nitriles is 1. The first-order valence-electron chi connectivity index (χ1n) is 5.92. The number of ether oxygens (including phenoxy) is 1. The third-order valence-electron chi connectivity index (χ3n) is 3.00. The molecule has 98 valence electrons. The Morgan fingerprint density at radius 1 is 1.30 bits per heavy atom. The van der Waals surface area contributed by atoms with Gasteiger partial charge in [-0.2, -0.15) is 5.26 Å². The topological polar surface area (TPSA) is 89.8 Å². The first kappa shape index (κ1) is 12.0. The molecule has 1 aromatic carbocycles. The number of imidazole rings is 1. The normalized spacial score (nSPS) is 10.4. The van der Waals surface area contributed by atoms with Crippen LogP contribution in [0.1, 0.15) is 5.56 Å².